The second-order valence-electron chi connectivity index (χ2n) is 8.21. The lowest BCUT2D eigenvalue weighted by Gasteiger charge is -2.28. The van der Waals surface area contributed by atoms with Gasteiger partial charge in [0.25, 0.3) is 0 Å². The fourth-order valence-corrected chi connectivity index (χ4v) is 4.09. The topological polar surface area (TPSA) is 42.9 Å². The van der Waals surface area contributed by atoms with Crippen LogP contribution >= 0.6 is 0 Å². The van der Waals surface area contributed by atoms with Crippen LogP contribution < -0.4 is 15.5 Å². The highest BCUT2D eigenvalue weighted by Gasteiger charge is 2.23. The molecule has 2 fully saturated rings. The quantitative estimate of drug-likeness (QED) is 0.596. The van der Waals surface area contributed by atoms with Crippen LogP contribution in [0.15, 0.2) is 29.3 Å². The molecule has 3 rings (SSSR count). The first-order valence-electron chi connectivity index (χ1n) is 10.7. The van der Waals surface area contributed by atoms with Gasteiger partial charge in [0, 0.05) is 37.9 Å². The zero-order valence-electron chi connectivity index (χ0n) is 17.4. The molecule has 2 heterocycles. The molecule has 5 nitrogen and oxygen atoms in total. The highest BCUT2D eigenvalue weighted by molar-refractivity contribution is 5.80. The predicted octanol–water partition coefficient (Wildman–Crippen LogP) is 2.86. The number of aryl methyl sites for hydroxylation is 1. The second-order valence-corrected chi connectivity index (χ2v) is 8.21. The zero-order valence-corrected chi connectivity index (χ0v) is 17.4. The van der Waals surface area contributed by atoms with Crippen molar-refractivity contribution in [3.8, 4) is 0 Å². The summed E-state index contributed by atoms with van der Waals surface area (Å²) in [6.07, 6.45) is 5.02. The van der Waals surface area contributed by atoms with Gasteiger partial charge in [0.05, 0.1) is 0 Å². The summed E-state index contributed by atoms with van der Waals surface area (Å²) < 4.78 is 0. The van der Waals surface area contributed by atoms with Crippen LogP contribution in [0.2, 0.25) is 0 Å². The number of aliphatic imine (C=N–C) groups is 1. The molecule has 1 aromatic rings. The highest BCUT2D eigenvalue weighted by atomic mass is 15.2. The van der Waals surface area contributed by atoms with Gasteiger partial charge in [-0.1, -0.05) is 17.7 Å². The van der Waals surface area contributed by atoms with Gasteiger partial charge in [0.1, 0.15) is 0 Å². The summed E-state index contributed by atoms with van der Waals surface area (Å²) in [6.45, 7) is 10.8. The number of benzene rings is 1. The van der Waals surface area contributed by atoms with Gasteiger partial charge >= 0.3 is 0 Å². The van der Waals surface area contributed by atoms with Gasteiger partial charge in [-0.05, 0) is 77.7 Å². The van der Waals surface area contributed by atoms with Gasteiger partial charge in [-0.25, -0.2) is 0 Å². The Morgan fingerprint density at radius 3 is 2.56 bits per heavy atom. The SMILES string of the molecule is CCNC(=NCCC1CCN(C)CC1)NC1CCN(c2ccc(C)cc2)C1. The van der Waals surface area contributed by atoms with E-state index in [1.165, 1.54) is 43.6 Å². The fraction of sp³-hybridized carbons (Fsp3) is 0.682. The van der Waals surface area contributed by atoms with E-state index in [0.717, 1.165) is 44.5 Å². The predicted molar refractivity (Wildman–Crippen MR) is 116 cm³/mol. The minimum Gasteiger partial charge on any atom is -0.369 e. The third-order valence-electron chi connectivity index (χ3n) is 5.92. The van der Waals surface area contributed by atoms with E-state index in [0.29, 0.717) is 6.04 Å². The lowest BCUT2D eigenvalue weighted by atomic mass is 9.94. The molecule has 2 aliphatic heterocycles. The second kappa shape index (κ2) is 9.98. The zero-order chi connectivity index (χ0) is 19.1. The first kappa shape index (κ1) is 20.0. The van der Waals surface area contributed by atoms with Crippen LogP contribution in [0.4, 0.5) is 5.69 Å². The van der Waals surface area contributed by atoms with Crippen molar-refractivity contribution in [1.29, 1.82) is 0 Å². The largest absolute Gasteiger partial charge is 0.369 e. The number of hydrogen-bond acceptors (Lipinski definition) is 3. The van der Waals surface area contributed by atoms with Crippen molar-refractivity contribution < 1.29 is 0 Å². The lowest BCUT2D eigenvalue weighted by molar-refractivity contribution is 0.214. The van der Waals surface area contributed by atoms with Gasteiger partial charge in [0.2, 0.25) is 0 Å². The molecular weight excluding hydrogens is 334 g/mol. The van der Waals surface area contributed by atoms with Gasteiger partial charge in [-0.15, -0.1) is 0 Å². The molecule has 2 N–H and O–H groups in total. The first-order chi connectivity index (χ1) is 13.1. The van der Waals surface area contributed by atoms with Crippen LogP contribution in [0, 0.1) is 12.8 Å². The van der Waals surface area contributed by atoms with E-state index >= 15 is 0 Å². The minimum absolute atomic E-state index is 0.465. The van der Waals surface area contributed by atoms with E-state index in [-0.39, 0.29) is 0 Å². The van der Waals surface area contributed by atoms with E-state index in [2.05, 4.69) is 65.6 Å². The number of rotatable bonds is 6. The molecule has 5 heteroatoms. The maximum Gasteiger partial charge on any atom is 0.191 e. The van der Waals surface area contributed by atoms with Crippen LogP contribution in [0.5, 0.6) is 0 Å². The molecule has 0 saturated carbocycles. The Bertz CT molecular complexity index is 589. The van der Waals surface area contributed by atoms with Crippen LogP contribution in [0.25, 0.3) is 0 Å². The highest BCUT2D eigenvalue weighted by Crippen LogP contribution is 2.21. The van der Waals surface area contributed by atoms with E-state index in [1.807, 2.05) is 0 Å². The van der Waals surface area contributed by atoms with Gasteiger partial charge in [-0.3, -0.25) is 4.99 Å². The number of piperidine rings is 1. The maximum absolute atomic E-state index is 4.86. The molecule has 1 aromatic carbocycles. The van der Waals surface area contributed by atoms with Crippen molar-refractivity contribution >= 4 is 11.6 Å². The smallest absolute Gasteiger partial charge is 0.191 e. The molecule has 0 spiro atoms. The average Bonchev–Trinajstić information content (AvgIpc) is 3.12. The normalized spacial score (nSPS) is 22.3. The molecule has 150 valence electrons. The Hall–Kier alpha value is -1.75. The van der Waals surface area contributed by atoms with Crippen molar-refractivity contribution in [1.82, 2.24) is 15.5 Å². The fourth-order valence-electron chi connectivity index (χ4n) is 4.09. The van der Waals surface area contributed by atoms with Crippen LogP contribution in [-0.2, 0) is 0 Å². The number of hydrogen-bond donors (Lipinski definition) is 2. The van der Waals surface area contributed by atoms with Crippen molar-refractivity contribution in [2.75, 3.05) is 51.2 Å². The summed E-state index contributed by atoms with van der Waals surface area (Å²) in [5, 5.41) is 7.09. The van der Waals surface area contributed by atoms with E-state index in [1.54, 1.807) is 0 Å². The van der Waals surface area contributed by atoms with E-state index in [9.17, 15) is 0 Å². The molecule has 2 aliphatic rings. The van der Waals surface area contributed by atoms with Crippen LogP contribution in [0.1, 0.15) is 38.2 Å². The van der Waals surface area contributed by atoms with Crippen molar-refractivity contribution in [3.63, 3.8) is 0 Å². The standard InChI is InChI=1S/C22H37N5/c1-4-23-22(24-13-9-19-10-14-26(3)15-11-19)25-20-12-16-27(17-20)21-7-5-18(2)6-8-21/h5-8,19-20H,4,9-17H2,1-3H3,(H2,23,24,25). The molecule has 1 atom stereocenters. The molecule has 1 unspecified atom stereocenters. The van der Waals surface area contributed by atoms with Crippen molar-refractivity contribution in [3.05, 3.63) is 29.8 Å². The van der Waals surface area contributed by atoms with Gasteiger partial charge in [-0.2, -0.15) is 0 Å². The molecule has 2 saturated heterocycles. The van der Waals surface area contributed by atoms with Gasteiger partial charge < -0.3 is 20.4 Å². The molecule has 0 amide bonds. The number of likely N-dealkylation sites (tertiary alicyclic amines) is 1. The Labute approximate surface area is 165 Å². The van der Waals surface area contributed by atoms with Gasteiger partial charge in [0.15, 0.2) is 5.96 Å². The molecule has 0 aromatic heterocycles. The Morgan fingerprint density at radius 2 is 1.85 bits per heavy atom. The third-order valence-corrected chi connectivity index (χ3v) is 5.92. The molecule has 27 heavy (non-hydrogen) atoms. The number of anilines is 1. The number of nitrogens with one attached hydrogen (secondary N) is 2. The summed E-state index contributed by atoms with van der Waals surface area (Å²) in [7, 11) is 2.23. The summed E-state index contributed by atoms with van der Waals surface area (Å²) in [5.74, 6) is 1.83. The average molecular weight is 372 g/mol. The summed E-state index contributed by atoms with van der Waals surface area (Å²) in [4.78, 5) is 9.77. The summed E-state index contributed by atoms with van der Waals surface area (Å²) >= 11 is 0. The minimum atomic E-state index is 0.465. The molecule has 0 bridgehead atoms. The number of guanidine groups is 1. The number of nitrogens with zero attached hydrogens (tertiary/aromatic N) is 3. The third kappa shape index (κ3) is 6.13. The first-order valence-corrected chi connectivity index (χ1v) is 10.7. The van der Waals surface area contributed by atoms with Crippen LogP contribution in [-0.4, -0.2) is 63.2 Å². The van der Waals surface area contributed by atoms with Crippen molar-refractivity contribution in [2.24, 2.45) is 10.9 Å². The molecule has 0 radical (unpaired) electrons. The van der Waals surface area contributed by atoms with E-state index < -0.39 is 0 Å². The van der Waals surface area contributed by atoms with E-state index in [4.69, 9.17) is 4.99 Å². The Morgan fingerprint density at radius 1 is 1.11 bits per heavy atom. The van der Waals surface area contributed by atoms with Crippen molar-refractivity contribution in [2.45, 2.75) is 45.6 Å². The molecule has 0 aliphatic carbocycles. The lowest BCUT2D eigenvalue weighted by Crippen LogP contribution is -2.44. The molecular formula is C22H37N5. The summed E-state index contributed by atoms with van der Waals surface area (Å²) in [6, 6.07) is 9.33. The van der Waals surface area contributed by atoms with Crippen LogP contribution in [0.3, 0.4) is 0 Å². The monoisotopic (exact) mass is 371 g/mol. The Kier molecular flexibility index (Phi) is 7.39. The Balaban J connectivity index is 1.46. The summed E-state index contributed by atoms with van der Waals surface area (Å²) in [5.41, 5.74) is 2.65. The maximum atomic E-state index is 4.86.